The minimum atomic E-state index is -0.113. The number of aromatic amines is 1. The summed E-state index contributed by atoms with van der Waals surface area (Å²) in [6.07, 6.45) is 2.68. The monoisotopic (exact) mass is 333 g/mol. The highest BCUT2D eigenvalue weighted by atomic mass is 32.2. The minimum absolute atomic E-state index is 0.0360. The van der Waals surface area contributed by atoms with E-state index < -0.39 is 0 Å². The molecule has 6 nitrogen and oxygen atoms in total. The lowest BCUT2D eigenvalue weighted by Gasteiger charge is -2.14. The van der Waals surface area contributed by atoms with Crippen LogP contribution in [0.25, 0.3) is 10.9 Å². The van der Waals surface area contributed by atoms with E-state index in [2.05, 4.69) is 10.3 Å². The van der Waals surface area contributed by atoms with Gasteiger partial charge in [0.25, 0.3) is 0 Å². The second kappa shape index (κ2) is 6.95. The summed E-state index contributed by atoms with van der Waals surface area (Å²) in [4.78, 5) is 28.2. The summed E-state index contributed by atoms with van der Waals surface area (Å²) in [5, 5.41) is 3.98. The summed E-state index contributed by atoms with van der Waals surface area (Å²) in [6.45, 7) is 0.686. The van der Waals surface area contributed by atoms with E-state index in [0.29, 0.717) is 18.2 Å². The number of methoxy groups -OCH3 is 1. The molecule has 0 atom stereocenters. The van der Waals surface area contributed by atoms with Crippen LogP contribution in [0.1, 0.15) is 5.56 Å². The number of hydrogen-bond donors (Lipinski definition) is 2. The number of nitrogens with one attached hydrogen (secondary N) is 2. The molecule has 23 heavy (non-hydrogen) atoms. The van der Waals surface area contributed by atoms with Crippen molar-refractivity contribution in [1.29, 1.82) is 0 Å². The summed E-state index contributed by atoms with van der Waals surface area (Å²) in [5.74, 6) is 1.82. The van der Waals surface area contributed by atoms with Crippen molar-refractivity contribution in [3.63, 3.8) is 0 Å². The van der Waals surface area contributed by atoms with Crippen molar-refractivity contribution in [2.45, 2.75) is 6.42 Å². The Balaban J connectivity index is 1.54. The molecule has 1 aromatic carbocycles. The molecule has 0 saturated carbocycles. The van der Waals surface area contributed by atoms with E-state index in [0.717, 1.165) is 28.6 Å². The van der Waals surface area contributed by atoms with Gasteiger partial charge in [0, 0.05) is 23.6 Å². The van der Waals surface area contributed by atoms with Gasteiger partial charge in [-0.25, -0.2) is 0 Å². The van der Waals surface area contributed by atoms with Gasteiger partial charge in [-0.15, -0.1) is 11.8 Å². The molecular weight excluding hydrogens is 314 g/mol. The second-order valence-corrected chi connectivity index (χ2v) is 6.35. The van der Waals surface area contributed by atoms with Crippen molar-refractivity contribution in [2.24, 2.45) is 0 Å². The first kappa shape index (κ1) is 15.7. The maximum absolute atomic E-state index is 11.9. The lowest BCUT2D eigenvalue weighted by Crippen LogP contribution is -2.38. The van der Waals surface area contributed by atoms with Gasteiger partial charge < -0.3 is 19.9 Å². The molecule has 2 amide bonds. The number of ether oxygens (including phenoxy) is 1. The van der Waals surface area contributed by atoms with Gasteiger partial charge in [0.05, 0.1) is 18.7 Å². The predicted molar refractivity (Wildman–Crippen MR) is 90.6 cm³/mol. The van der Waals surface area contributed by atoms with E-state index in [1.54, 1.807) is 12.0 Å². The van der Waals surface area contributed by atoms with Gasteiger partial charge in [0.15, 0.2) is 0 Å². The van der Waals surface area contributed by atoms with Crippen molar-refractivity contribution in [1.82, 2.24) is 15.2 Å². The summed E-state index contributed by atoms with van der Waals surface area (Å²) >= 11 is 1.54. The molecule has 2 heterocycles. The SMILES string of the molecule is COc1ccc2[nH]cc(CCNC(=O)CN3CSCC3=O)c2c1. The number of H-pyrrole nitrogens is 1. The molecule has 2 aromatic rings. The third-order valence-electron chi connectivity index (χ3n) is 3.85. The minimum Gasteiger partial charge on any atom is -0.497 e. The van der Waals surface area contributed by atoms with E-state index >= 15 is 0 Å². The molecule has 0 unspecified atom stereocenters. The van der Waals surface area contributed by atoms with Gasteiger partial charge >= 0.3 is 0 Å². The lowest BCUT2D eigenvalue weighted by molar-refractivity contribution is -0.132. The Morgan fingerprint density at radius 2 is 2.35 bits per heavy atom. The molecule has 1 aliphatic rings. The van der Waals surface area contributed by atoms with Crippen molar-refractivity contribution in [2.75, 3.05) is 31.8 Å². The standard InChI is InChI=1S/C16H19N3O3S/c1-22-12-2-3-14-13(6-12)11(7-18-14)4-5-17-15(20)8-19-10-23-9-16(19)21/h2-3,6-7,18H,4-5,8-10H2,1H3,(H,17,20). The van der Waals surface area contributed by atoms with Gasteiger partial charge in [-0.3, -0.25) is 9.59 Å². The van der Waals surface area contributed by atoms with Crippen molar-refractivity contribution >= 4 is 34.5 Å². The Morgan fingerprint density at radius 1 is 1.48 bits per heavy atom. The molecule has 7 heteroatoms. The lowest BCUT2D eigenvalue weighted by atomic mass is 10.1. The molecule has 1 aliphatic heterocycles. The molecule has 1 fully saturated rings. The van der Waals surface area contributed by atoms with E-state index in [1.807, 2.05) is 24.4 Å². The smallest absolute Gasteiger partial charge is 0.239 e. The average molecular weight is 333 g/mol. The van der Waals surface area contributed by atoms with Crippen molar-refractivity contribution in [3.8, 4) is 5.75 Å². The number of amides is 2. The third-order valence-corrected chi connectivity index (χ3v) is 4.80. The number of carbonyl (C=O) groups is 2. The van der Waals surface area contributed by atoms with Crippen LogP contribution in [0.4, 0.5) is 0 Å². The molecule has 1 saturated heterocycles. The predicted octanol–water partition coefficient (Wildman–Crippen LogP) is 1.37. The summed E-state index contributed by atoms with van der Waals surface area (Å²) < 4.78 is 5.25. The Kier molecular flexibility index (Phi) is 4.76. The molecule has 1 aromatic heterocycles. The Bertz CT molecular complexity index is 728. The first-order valence-corrected chi connectivity index (χ1v) is 8.59. The topological polar surface area (TPSA) is 74.4 Å². The van der Waals surface area contributed by atoms with Gasteiger partial charge in [0.2, 0.25) is 11.8 Å². The quantitative estimate of drug-likeness (QED) is 0.837. The number of rotatable bonds is 6. The first-order chi connectivity index (χ1) is 11.2. The Morgan fingerprint density at radius 3 is 3.09 bits per heavy atom. The highest BCUT2D eigenvalue weighted by Crippen LogP contribution is 2.23. The summed E-state index contributed by atoms with van der Waals surface area (Å²) in [5.41, 5.74) is 2.18. The zero-order valence-corrected chi connectivity index (χ0v) is 13.7. The highest BCUT2D eigenvalue weighted by Gasteiger charge is 2.22. The van der Waals surface area contributed by atoms with Crippen LogP contribution >= 0.6 is 11.8 Å². The van der Waals surface area contributed by atoms with Gasteiger partial charge in [-0.05, 0) is 30.2 Å². The molecule has 0 bridgehead atoms. The molecule has 0 radical (unpaired) electrons. The van der Waals surface area contributed by atoms with Crippen LogP contribution in [0.15, 0.2) is 24.4 Å². The molecule has 0 aliphatic carbocycles. The molecular formula is C16H19N3O3S. The van der Waals surface area contributed by atoms with Crippen LogP contribution in [0.5, 0.6) is 5.75 Å². The van der Waals surface area contributed by atoms with E-state index in [-0.39, 0.29) is 18.4 Å². The normalized spacial score (nSPS) is 14.5. The zero-order valence-electron chi connectivity index (χ0n) is 12.9. The largest absolute Gasteiger partial charge is 0.497 e. The second-order valence-electron chi connectivity index (χ2n) is 5.39. The van der Waals surface area contributed by atoms with Crippen molar-refractivity contribution in [3.05, 3.63) is 30.0 Å². The van der Waals surface area contributed by atoms with Crippen molar-refractivity contribution < 1.29 is 14.3 Å². The third kappa shape index (κ3) is 3.61. The first-order valence-electron chi connectivity index (χ1n) is 7.43. The summed E-state index contributed by atoms with van der Waals surface area (Å²) in [7, 11) is 1.64. The number of aromatic nitrogens is 1. The van der Waals surface area contributed by atoms with Gasteiger partial charge in [-0.2, -0.15) is 0 Å². The number of fused-ring (bicyclic) bond motifs is 1. The number of nitrogens with zero attached hydrogens (tertiary/aromatic N) is 1. The van der Waals surface area contributed by atoms with Crippen LogP contribution < -0.4 is 10.1 Å². The summed E-state index contributed by atoms with van der Waals surface area (Å²) in [6, 6.07) is 5.88. The maximum Gasteiger partial charge on any atom is 0.239 e. The van der Waals surface area contributed by atoms with E-state index in [4.69, 9.17) is 4.74 Å². The molecule has 3 rings (SSSR count). The maximum atomic E-state index is 11.9. The fourth-order valence-corrected chi connectivity index (χ4v) is 3.50. The fraction of sp³-hybridized carbons (Fsp3) is 0.375. The Hall–Kier alpha value is -2.15. The number of benzene rings is 1. The van der Waals surface area contributed by atoms with Crippen LogP contribution in [-0.4, -0.2) is 53.5 Å². The zero-order chi connectivity index (χ0) is 16.2. The number of hydrogen-bond acceptors (Lipinski definition) is 4. The van der Waals surface area contributed by atoms with Crippen LogP contribution in [0, 0.1) is 0 Å². The Labute approximate surface area is 138 Å². The van der Waals surface area contributed by atoms with Crippen LogP contribution in [0.3, 0.4) is 0 Å². The molecule has 0 spiro atoms. The highest BCUT2D eigenvalue weighted by molar-refractivity contribution is 8.00. The van der Waals surface area contributed by atoms with Crippen LogP contribution in [0.2, 0.25) is 0 Å². The fourth-order valence-electron chi connectivity index (χ4n) is 2.60. The van der Waals surface area contributed by atoms with Gasteiger partial charge in [0.1, 0.15) is 12.3 Å². The van der Waals surface area contributed by atoms with Crippen LogP contribution in [-0.2, 0) is 16.0 Å². The number of carbonyl (C=O) groups excluding carboxylic acids is 2. The van der Waals surface area contributed by atoms with E-state index in [9.17, 15) is 9.59 Å². The molecule has 122 valence electrons. The molecule has 2 N–H and O–H groups in total. The van der Waals surface area contributed by atoms with Gasteiger partial charge in [-0.1, -0.05) is 0 Å². The average Bonchev–Trinajstić information content (AvgIpc) is 3.14. The van der Waals surface area contributed by atoms with E-state index in [1.165, 1.54) is 11.8 Å². The number of thioether (sulfide) groups is 1.